The van der Waals surface area contributed by atoms with Crippen LogP contribution in [0.25, 0.3) is 0 Å². The largest absolute Gasteiger partial charge is 0.345 e. The highest BCUT2D eigenvalue weighted by atomic mass is 32.2. The summed E-state index contributed by atoms with van der Waals surface area (Å²) >= 11 is 0. The van der Waals surface area contributed by atoms with E-state index in [1.165, 1.54) is 16.8 Å². The van der Waals surface area contributed by atoms with Gasteiger partial charge >= 0.3 is 0 Å². The molecule has 2 rings (SSSR count). The van der Waals surface area contributed by atoms with Gasteiger partial charge in [0.2, 0.25) is 10.0 Å². The molecule has 112 valence electrons. The standard InChI is InChI=1S/C13H21N3O3S/c1-9(2)7-16(10-4-5-10)13(17)12-6-11(8-15(12)3)20(14,18)19/h6,8-10H,4-5,7H2,1-3H3,(H2,14,18,19). The lowest BCUT2D eigenvalue weighted by Crippen LogP contribution is -2.37. The first-order valence-electron chi connectivity index (χ1n) is 6.70. The second-order valence-electron chi connectivity index (χ2n) is 5.80. The van der Waals surface area contributed by atoms with Gasteiger partial charge in [-0.05, 0) is 24.8 Å². The normalized spacial score (nSPS) is 15.7. The van der Waals surface area contributed by atoms with Gasteiger partial charge in [0.25, 0.3) is 5.91 Å². The average Bonchev–Trinajstić information content (AvgIpc) is 3.06. The van der Waals surface area contributed by atoms with E-state index >= 15 is 0 Å². The molecule has 1 fully saturated rings. The number of aryl methyl sites for hydroxylation is 1. The highest BCUT2D eigenvalue weighted by molar-refractivity contribution is 7.89. The number of carbonyl (C=O) groups is 1. The van der Waals surface area contributed by atoms with Crippen molar-refractivity contribution >= 4 is 15.9 Å². The van der Waals surface area contributed by atoms with Crippen LogP contribution in [0.5, 0.6) is 0 Å². The zero-order valence-electron chi connectivity index (χ0n) is 12.0. The predicted octanol–water partition coefficient (Wildman–Crippen LogP) is 0.933. The summed E-state index contributed by atoms with van der Waals surface area (Å²) in [4.78, 5) is 14.4. The Bertz CT molecular complexity index is 615. The number of aromatic nitrogens is 1. The Morgan fingerprint density at radius 3 is 2.50 bits per heavy atom. The molecular weight excluding hydrogens is 278 g/mol. The van der Waals surface area contributed by atoms with Crippen molar-refractivity contribution in [1.29, 1.82) is 0 Å². The zero-order valence-corrected chi connectivity index (χ0v) is 12.9. The van der Waals surface area contributed by atoms with Gasteiger partial charge in [-0.3, -0.25) is 4.79 Å². The Labute approximate surface area is 119 Å². The molecule has 7 heteroatoms. The second-order valence-corrected chi connectivity index (χ2v) is 7.36. The van der Waals surface area contributed by atoms with E-state index in [1.54, 1.807) is 7.05 Å². The maximum Gasteiger partial charge on any atom is 0.270 e. The summed E-state index contributed by atoms with van der Waals surface area (Å²) in [6.45, 7) is 4.80. The molecule has 20 heavy (non-hydrogen) atoms. The smallest absolute Gasteiger partial charge is 0.270 e. The number of amides is 1. The molecule has 0 saturated heterocycles. The van der Waals surface area contributed by atoms with Crippen LogP contribution in [0.15, 0.2) is 17.2 Å². The maximum atomic E-state index is 12.6. The lowest BCUT2D eigenvalue weighted by molar-refractivity contribution is 0.0713. The van der Waals surface area contributed by atoms with Crippen molar-refractivity contribution in [2.75, 3.05) is 6.54 Å². The van der Waals surface area contributed by atoms with Gasteiger partial charge in [0.05, 0.1) is 0 Å². The number of nitrogens with two attached hydrogens (primary N) is 1. The molecule has 1 heterocycles. The summed E-state index contributed by atoms with van der Waals surface area (Å²) in [5.74, 6) is 0.246. The van der Waals surface area contributed by atoms with Crippen LogP contribution in [0.1, 0.15) is 37.2 Å². The van der Waals surface area contributed by atoms with Crippen LogP contribution < -0.4 is 5.14 Å². The van der Waals surface area contributed by atoms with Crippen LogP contribution in [0.4, 0.5) is 0 Å². The monoisotopic (exact) mass is 299 g/mol. The zero-order chi connectivity index (χ0) is 15.1. The molecule has 0 aromatic carbocycles. The van der Waals surface area contributed by atoms with Gasteiger partial charge in [-0.25, -0.2) is 13.6 Å². The molecule has 1 saturated carbocycles. The van der Waals surface area contributed by atoms with Crippen molar-refractivity contribution in [3.05, 3.63) is 18.0 Å². The van der Waals surface area contributed by atoms with E-state index in [2.05, 4.69) is 13.8 Å². The summed E-state index contributed by atoms with van der Waals surface area (Å²) in [6.07, 6.45) is 3.42. The van der Waals surface area contributed by atoms with Gasteiger partial charge in [0.1, 0.15) is 10.6 Å². The quantitative estimate of drug-likeness (QED) is 0.877. The van der Waals surface area contributed by atoms with Crippen LogP contribution in [-0.2, 0) is 17.1 Å². The molecule has 1 aliphatic rings. The molecule has 0 spiro atoms. The predicted molar refractivity (Wildman–Crippen MR) is 75.7 cm³/mol. The van der Waals surface area contributed by atoms with E-state index < -0.39 is 10.0 Å². The Hall–Kier alpha value is -1.34. The SMILES string of the molecule is CC(C)CN(C(=O)c1cc(S(N)(=O)=O)cn1C)C1CC1. The average molecular weight is 299 g/mol. The summed E-state index contributed by atoms with van der Waals surface area (Å²) in [6, 6.07) is 1.64. The Morgan fingerprint density at radius 2 is 2.10 bits per heavy atom. The lowest BCUT2D eigenvalue weighted by Gasteiger charge is -2.24. The number of primary sulfonamides is 1. The number of sulfonamides is 1. The molecule has 0 atom stereocenters. The van der Waals surface area contributed by atoms with Crippen LogP contribution in [0.3, 0.4) is 0 Å². The molecule has 0 bridgehead atoms. The molecule has 0 aliphatic heterocycles. The van der Waals surface area contributed by atoms with E-state index in [4.69, 9.17) is 5.14 Å². The molecule has 0 unspecified atom stereocenters. The van der Waals surface area contributed by atoms with Crippen molar-refractivity contribution in [3.63, 3.8) is 0 Å². The minimum absolute atomic E-state index is 0.0244. The number of nitrogens with zero attached hydrogens (tertiary/aromatic N) is 2. The first-order chi connectivity index (χ1) is 9.20. The van der Waals surface area contributed by atoms with E-state index in [1.807, 2.05) is 4.90 Å². The van der Waals surface area contributed by atoms with Crippen LogP contribution in [0.2, 0.25) is 0 Å². The summed E-state index contributed by atoms with van der Waals surface area (Å²) in [5, 5.41) is 5.10. The minimum atomic E-state index is -3.78. The van der Waals surface area contributed by atoms with E-state index in [0.29, 0.717) is 18.2 Å². The van der Waals surface area contributed by atoms with Gasteiger partial charge in [-0.2, -0.15) is 0 Å². The van der Waals surface area contributed by atoms with Crippen LogP contribution in [0, 0.1) is 5.92 Å². The Kier molecular flexibility index (Phi) is 3.93. The first kappa shape index (κ1) is 15.1. The second kappa shape index (κ2) is 5.21. The van der Waals surface area contributed by atoms with E-state index in [-0.39, 0.29) is 16.8 Å². The molecule has 6 nitrogen and oxygen atoms in total. The number of hydrogen-bond donors (Lipinski definition) is 1. The van der Waals surface area contributed by atoms with Crippen molar-refractivity contribution < 1.29 is 13.2 Å². The third kappa shape index (κ3) is 3.21. The highest BCUT2D eigenvalue weighted by Gasteiger charge is 2.34. The number of hydrogen-bond acceptors (Lipinski definition) is 3. The van der Waals surface area contributed by atoms with Gasteiger partial charge in [0.15, 0.2) is 0 Å². The molecule has 1 aromatic rings. The highest BCUT2D eigenvalue weighted by Crippen LogP contribution is 2.29. The van der Waals surface area contributed by atoms with Crippen LogP contribution >= 0.6 is 0 Å². The molecule has 0 radical (unpaired) electrons. The van der Waals surface area contributed by atoms with E-state index in [0.717, 1.165) is 12.8 Å². The van der Waals surface area contributed by atoms with Gasteiger partial charge in [-0.15, -0.1) is 0 Å². The number of rotatable bonds is 5. The summed E-state index contributed by atoms with van der Waals surface area (Å²) < 4.78 is 24.2. The third-order valence-electron chi connectivity index (χ3n) is 3.34. The van der Waals surface area contributed by atoms with Crippen LogP contribution in [-0.4, -0.2) is 36.4 Å². The molecule has 1 aromatic heterocycles. The number of carbonyl (C=O) groups excluding carboxylic acids is 1. The van der Waals surface area contributed by atoms with Crippen molar-refractivity contribution in [3.8, 4) is 0 Å². The summed E-state index contributed by atoms with van der Waals surface area (Å²) in [5.41, 5.74) is 0.363. The van der Waals surface area contributed by atoms with Gasteiger partial charge in [0, 0.05) is 25.8 Å². The van der Waals surface area contributed by atoms with E-state index in [9.17, 15) is 13.2 Å². The molecule has 1 aliphatic carbocycles. The molecule has 1 amide bonds. The Balaban J connectivity index is 2.30. The van der Waals surface area contributed by atoms with Crippen molar-refractivity contribution in [1.82, 2.24) is 9.47 Å². The van der Waals surface area contributed by atoms with Gasteiger partial charge < -0.3 is 9.47 Å². The fraction of sp³-hybridized carbons (Fsp3) is 0.615. The fourth-order valence-electron chi connectivity index (χ4n) is 2.23. The topological polar surface area (TPSA) is 85.4 Å². The maximum absolute atomic E-state index is 12.6. The minimum Gasteiger partial charge on any atom is -0.345 e. The summed E-state index contributed by atoms with van der Waals surface area (Å²) in [7, 11) is -2.13. The van der Waals surface area contributed by atoms with Crippen molar-refractivity contribution in [2.45, 2.75) is 37.6 Å². The molecule has 2 N–H and O–H groups in total. The van der Waals surface area contributed by atoms with Crippen molar-refractivity contribution in [2.24, 2.45) is 18.1 Å². The third-order valence-corrected chi connectivity index (χ3v) is 4.22. The Morgan fingerprint density at radius 1 is 1.50 bits per heavy atom. The fourth-order valence-corrected chi connectivity index (χ4v) is 2.81. The molecular formula is C13H21N3O3S. The first-order valence-corrected chi connectivity index (χ1v) is 8.25. The van der Waals surface area contributed by atoms with Gasteiger partial charge in [-0.1, -0.05) is 13.8 Å². The lowest BCUT2D eigenvalue weighted by atomic mass is 10.2.